The van der Waals surface area contributed by atoms with Gasteiger partial charge in [-0.2, -0.15) is 12.7 Å². The highest BCUT2D eigenvalue weighted by Crippen LogP contribution is 2.47. The number of nitrogens with two attached hydrogens (primary N) is 1. The molecule has 3 rings (SSSR count). The van der Waals surface area contributed by atoms with Crippen molar-refractivity contribution in [3.05, 3.63) is 23.7 Å². The van der Waals surface area contributed by atoms with Crippen LogP contribution >= 0.6 is 0 Å². The highest BCUT2D eigenvalue weighted by atomic mass is 32.2. The van der Waals surface area contributed by atoms with E-state index in [4.69, 9.17) is 9.56 Å². The van der Waals surface area contributed by atoms with Gasteiger partial charge in [0.15, 0.2) is 0 Å². The molecule has 2 heterocycles. The fourth-order valence-corrected chi connectivity index (χ4v) is 3.43. The summed E-state index contributed by atoms with van der Waals surface area (Å²) in [5.41, 5.74) is 0. The summed E-state index contributed by atoms with van der Waals surface area (Å²) in [6.45, 7) is 5.25. The Hall–Kier alpha value is -0.890. The van der Waals surface area contributed by atoms with Gasteiger partial charge in [0.2, 0.25) is 0 Å². The van der Waals surface area contributed by atoms with Crippen molar-refractivity contribution in [2.45, 2.75) is 25.8 Å². The molecule has 112 valence electrons. The summed E-state index contributed by atoms with van der Waals surface area (Å²) < 4.78 is 29.7. The first kappa shape index (κ1) is 14.1. The van der Waals surface area contributed by atoms with Crippen molar-refractivity contribution in [3.8, 4) is 0 Å². The van der Waals surface area contributed by atoms with E-state index in [2.05, 4.69) is 17.9 Å². The molecule has 1 aromatic rings. The monoisotopic (exact) mass is 299 g/mol. The van der Waals surface area contributed by atoms with Crippen LogP contribution < -0.4 is 5.14 Å². The molecule has 2 atom stereocenters. The molecule has 2 fully saturated rings. The largest absolute Gasteiger partial charge is 0.464 e. The van der Waals surface area contributed by atoms with Gasteiger partial charge in [0, 0.05) is 32.1 Å². The van der Waals surface area contributed by atoms with Gasteiger partial charge in [0.1, 0.15) is 11.5 Å². The number of piperazine rings is 1. The third kappa shape index (κ3) is 3.06. The Morgan fingerprint density at radius 2 is 1.95 bits per heavy atom. The van der Waals surface area contributed by atoms with E-state index in [9.17, 15) is 8.42 Å². The molecule has 1 aliphatic heterocycles. The van der Waals surface area contributed by atoms with Gasteiger partial charge in [-0.25, -0.2) is 5.14 Å². The molecule has 0 amide bonds. The lowest BCUT2D eigenvalue weighted by molar-refractivity contribution is 0.170. The fourth-order valence-electron chi connectivity index (χ4n) is 2.76. The van der Waals surface area contributed by atoms with Gasteiger partial charge in [-0.3, -0.25) is 4.90 Å². The van der Waals surface area contributed by atoms with Crippen molar-refractivity contribution in [2.75, 3.05) is 26.2 Å². The summed E-state index contributed by atoms with van der Waals surface area (Å²) in [4.78, 5) is 2.20. The lowest BCUT2D eigenvalue weighted by atomic mass is 10.3. The standard InChI is InChI=1S/C13H21N3O3S/c1-10-8-12(10)13-3-2-11(19-13)9-15-4-6-16(7-5-15)20(14,17)18/h2-3,10,12H,4-9H2,1H3,(H2,14,17,18)/t10-,12-/m1/s1. The van der Waals surface area contributed by atoms with Crippen LogP contribution in [-0.2, 0) is 16.8 Å². The molecule has 1 saturated carbocycles. The minimum absolute atomic E-state index is 0.450. The molecule has 1 aromatic heterocycles. The number of furan rings is 1. The predicted octanol–water partition coefficient (Wildman–Crippen LogP) is 0.724. The number of hydrogen-bond acceptors (Lipinski definition) is 4. The van der Waals surface area contributed by atoms with Gasteiger partial charge in [-0.05, 0) is 24.5 Å². The summed E-state index contributed by atoms with van der Waals surface area (Å²) in [5.74, 6) is 3.40. The molecule has 20 heavy (non-hydrogen) atoms. The minimum Gasteiger partial charge on any atom is -0.464 e. The topological polar surface area (TPSA) is 79.8 Å². The summed E-state index contributed by atoms with van der Waals surface area (Å²) in [6.07, 6.45) is 1.22. The van der Waals surface area contributed by atoms with E-state index < -0.39 is 10.2 Å². The Labute approximate surface area is 119 Å². The Morgan fingerprint density at radius 3 is 2.50 bits per heavy atom. The van der Waals surface area contributed by atoms with Crippen LogP contribution in [0.25, 0.3) is 0 Å². The number of hydrogen-bond donors (Lipinski definition) is 1. The maximum atomic E-state index is 11.2. The predicted molar refractivity (Wildman–Crippen MR) is 75.2 cm³/mol. The van der Waals surface area contributed by atoms with Gasteiger partial charge >= 0.3 is 0 Å². The van der Waals surface area contributed by atoms with E-state index in [1.807, 2.05) is 6.07 Å². The molecule has 0 radical (unpaired) electrons. The molecule has 0 unspecified atom stereocenters. The van der Waals surface area contributed by atoms with Crippen LogP contribution in [-0.4, -0.2) is 43.8 Å². The minimum atomic E-state index is -3.54. The third-order valence-electron chi connectivity index (χ3n) is 4.23. The van der Waals surface area contributed by atoms with Crippen LogP contribution in [0, 0.1) is 5.92 Å². The van der Waals surface area contributed by atoms with Crippen molar-refractivity contribution in [1.82, 2.24) is 9.21 Å². The van der Waals surface area contributed by atoms with E-state index in [0.717, 1.165) is 24.0 Å². The highest BCUT2D eigenvalue weighted by molar-refractivity contribution is 7.86. The van der Waals surface area contributed by atoms with E-state index in [-0.39, 0.29) is 0 Å². The maximum absolute atomic E-state index is 11.2. The molecule has 2 N–H and O–H groups in total. The summed E-state index contributed by atoms with van der Waals surface area (Å²) in [6, 6.07) is 4.11. The molecule has 6 nitrogen and oxygen atoms in total. The fraction of sp³-hybridized carbons (Fsp3) is 0.692. The first-order chi connectivity index (χ1) is 9.43. The Bertz CT molecular complexity index is 575. The molecule has 1 aliphatic carbocycles. The van der Waals surface area contributed by atoms with Crippen LogP contribution in [0.1, 0.15) is 30.8 Å². The Morgan fingerprint density at radius 1 is 1.30 bits per heavy atom. The first-order valence-corrected chi connectivity index (χ1v) is 8.52. The van der Waals surface area contributed by atoms with Crippen molar-refractivity contribution >= 4 is 10.2 Å². The van der Waals surface area contributed by atoms with Crippen molar-refractivity contribution in [2.24, 2.45) is 11.1 Å². The Kier molecular flexibility index (Phi) is 3.62. The van der Waals surface area contributed by atoms with Crippen LogP contribution in [0.4, 0.5) is 0 Å². The van der Waals surface area contributed by atoms with Crippen LogP contribution in [0.5, 0.6) is 0 Å². The maximum Gasteiger partial charge on any atom is 0.276 e. The highest BCUT2D eigenvalue weighted by Gasteiger charge is 2.36. The van der Waals surface area contributed by atoms with Gasteiger partial charge in [-0.15, -0.1) is 0 Å². The third-order valence-corrected chi connectivity index (χ3v) is 5.31. The second kappa shape index (κ2) is 5.14. The van der Waals surface area contributed by atoms with Gasteiger partial charge in [-0.1, -0.05) is 6.92 Å². The quantitative estimate of drug-likeness (QED) is 0.888. The Balaban J connectivity index is 1.53. The van der Waals surface area contributed by atoms with Gasteiger partial charge in [0.05, 0.1) is 6.54 Å². The van der Waals surface area contributed by atoms with Crippen molar-refractivity contribution in [3.63, 3.8) is 0 Å². The van der Waals surface area contributed by atoms with E-state index in [1.165, 1.54) is 10.7 Å². The van der Waals surface area contributed by atoms with E-state index in [1.54, 1.807) is 0 Å². The SMILES string of the molecule is C[C@@H]1C[C@H]1c1ccc(CN2CCN(S(N)(=O)=O)CC2)o1. The average molecular weight is 299 g/mol. The molecule has 0 spiro atoms. The molecule has 1 saturated heterocycles. The summed E-state index contributed by atoms with van der Waals surface area (Å²) in [5, 5.41) is 5.13. The van der Waals surface area contributed by atoms with Gasteiger partial charge < -0.3 is 4.42 Å². The molecular weight excluding hydrogens is 278 g/mol. The number of nitrogens with zero attached hydrogens (tertiary/aromatic N) is 2. The zero-order chi connectivity index (χ0) is 14.3. The molecular formula is C13H21N3O3S. The summed E-state index contributed by atoms with van der Waals surface area (Å²) in [7, 11) is -3.54. The molecule has 0 aromatic carbocycles. The molecule has 0 bridgehead atoms. The van der Waals surface area contributed by atoms with Gasteiger partial charge in [0.25, 0.3) is 10.2 Å². The zero-order valence-corrected chi connectivity index (χ0v) is 12.5. The molecule has 7 heteroatoms. The van der Waals surface area contributed by atoms with Crippen LogP contribution in [0.2, 0.25) is 0 Å². The zero-order valence-electron chi connectivity index (χ0n) is 11.7. The van der Waals surface area contributed by atoms with Crippen molar-refractivity contribution < 1.29 is 12.8 Å². The van der Waals surface area contributed by atoms with E-state index >= 15 is 0 Å². The molecule has 2 aliphatic rings. The van der Waals surface area contributed by atoms with Crippen molar-refractivity contribution in [1.29, 1.82) is 0 Å². The van der Waals surface area contributed by atoms with E-state index in [0.29, 0.717) is 32.1 Å². The second-order valence-corrected chi connectivity index (χ2v) is 7.39. The average Bonchev–Trinajstić information content (AvgIpc) is 2.94. The summed E-state index contributed by atoms with van der Waals surface area (Å²) >= 11 is 0. The first-order valence-electron chi connectivity index (χ1n) is 7.02. The normalized spacial score (nSPS) is 28.7. The van der Waals surface area contributed by atoms with Crippen LogP contribution in [0.15, 0.2) is 16.5 Å². The van der Waals surface area contributed by atoms with Crippen LogP contribution in [0.3, 0.4) is 0 Å². The second-order valence-electron chi connectivity index (χ2n) is 5.84. The lowest BCUT2D eigenvalue weighted by Gasteiger charge is -2.32. The smallest absolute Gasteiger partial charge is 0.276 e. The lowest BCUT2D eigenvalue weighted by Crippen LogP contribution is -2.50. The number of rotatable bonds is 4.